The monoisotopic (exact) mass is 384 g/mol. The van der Waals surface area contributed by atoms with Crippen molar-refractivity contribution in [1.29, 1.82) is 0 Å². The number of pyridine rings is 1. The fourth-order valence-corrected chi connectivity index (χ4v) is 3.12. The molecule has 0 atom stereocenters. The third-order valence-electron chi connectivity index (χ3n) is 3.78. The summed E-state index contributed by atoms with van der Waals surface area (Å²) in [7, 11) is 0. The Bertz CT molecular complexity index is 922. The lowest BCUT2D eigenvalue weighted by Gasteiger charge is -2.13. The van der Waals surface area contributed by atoms with Gasteiger partial charge in [-0.05, 0) is 30.3 Å². The van der Waals surface area contributed by atoms with Crippen molar-refractivity contribution in [2.75, 3.05) is 0 Å². The maximum atomic E-state index is 9.06. The first-order valence-electron chi connectivity index (χ1n) is 7.34. The van der Waals surface area contributed by atoms with E-state index < -0.39 is 0 Å². The number of hydroxylamine groups is 1. The van der Waals surface area contributed by atoms with Crippen LogP contribution >= 0.6 is 15.9 Å². The number of aromatic nitrogens is 4. The summed E-state index contributed by atoms with van der Waals surface area (Å²) in [6, 6.07) is 11.7. The summed E-state index contributed by atoms with van der Waals surface area (Å²) in [4.78, 5) is 9.14. The van der Waals surface area contributed by atoms with Crippen molar-refractivity contribution >= 4 is 21.6 Å². The maximum Gasteiger partial charge on any atom is 0.159 e. The van der Waals surface area contributed by atoms with Gasteiger partial charge in [0.15, 0.2) is 11.6 Å². The molecule has 0 fully saturated rings. The topological polar surface area (TPSA) is 88.2 Å². The summed E-state index contributed by atoms with van der Waals surface area (Å²) in [5.41, 5.74) is 5.60. The van der Waals surface area contributed by atoms with E-state index in [1.54, 1.807) is 6.20 Å². The van der Waals surface area contributed by atoms with E-state index in [1.165, 1.54) is 0 Å². The Morgan fingerprint density at radius 3 is 2.92 bits per heavy atom. The summed E-state index contributed by atoms with van der Waals surface area (Å²) >= 11 is 3.52. The molecule has 120 valence electrons. The Hall–Kier alpha value is -2.42. The molecule has 0 bridgehead atoms. The van der Waals surface area contributed by atoms with Crippen LogP contribution in [0.3, 0.4) is 0 Å². The van der Waals surface area contributed by atoms with Gasteiger partial charge in [0.05, 0.1) is 23.6 Å². The van der Waals surface area contributed by atoms with E-state index in [2.05, 4.69) is 36.6 Å². The summed E-state index contributed by atoms with van der Waals surface area (Å²) in [5.74, 6) is 1.33. The third kappa shape index (κ3) is 2.54. The van der Waals surface area contributed by atoms with E-state index in [1.807, 2.05) is 41.0 Å². The second kappa shape index (κ2) is 6.23. The zero-order chi connectivity index (χ0) is 16.5. The van der Waals surface area contributed by atoms with E-state index in [9.17, 15) is 0 Å². The summed E-state index contributed by atoms with van der Waals surface area (Å²) in [6.45, 7) is 0.578. The summed E-state index contributed by atoms with van der Waals surface area (Å²) in [6.07, 6.45) is 1.75. The first-order valence-corrected chi connectivity index (χ1v) is 8.13. The van der Waals surface area contributed by atoms with E-state index in [4.69, 9.17) is 10.2 Å². The van der Waals surface area contributed by atoms with E-state index in [-0.39, 0.29) is 6.54 Å². The van der Waals surface area contributed by atoms with Crippen LogP contribution in [0.25, 0.3) is 5.69 Å². The van der Waals surface area contributed by atoms with Gasteiger partial charge in [0, 0.05) is 16.2 Å². The van der Waals surface area contributed by atoms with Gasteiger partial charge in [-0.25, -0.2) is 0 Å². The molecule has 0 radical (unpaired) electrons. The second-order valence-corrected chi connectivity index (χ2v) is 6.16. The SMILES string of the molecule is ONCc1nnc2n1-c1cc(Br)ccc1C(c1ccccn1)=NC2. The van der Waals surface area contributed by atoms with Gasteiger partial charge in [0.25, 0.3) is 0 Å². The van der Waals surface area contributed by atoms with Crippen molar-refractivity contribution in [3.63, 3.8) is 0 Å². The number of hydrogen-bond acceptors (Lipinski definition) is 6. The van der Waals surface area contributed by atoms with Crippen LogP contribution in [0.15, 0.2) is 52.1 Å². The maximum absolute atomic E-state index is 9.06. The number of hydrogen-bond donors (Lipinski definition) is 2. The van der Waals surface area contributed by atoms with Gasteiger partial charge in [-0.3, -0.25) is 14.5 Å². The van der Waals surface area contributed by atoms with E-state index >= 15 is 0 Å². The average Bonchev–Trinajstić information content (AvgIpc) is 2.92. The van der Waals surface area contributed by atoms with Gasteiger partial charge in [0.1, 0.15) is 6.54 Å². The van der Waals surface area contributed by atoms with Crippen LogP contribution < -0.4 is 5.48 Å². The normalized spacial score (nSPS) is 13.0. The van der Waals surface area contributed by atoms with Crippen LogP contribution in [0.4, 0.5) is 0 Å². The summed E-state index contributed by atoms with van der Waals surface area (Å²) < 4.78 is 2.86. The second-order valence-electron chi connectivity index (χ2n) is 5.24. The molecule has 2 aromatic heterocycles. The first-order chi connectivity index (χ1) is 11.8. The van der Waals surface area contributed by atoms with Gasteiger partial charge >= 0.3 is 0 Å². The van der Waals surface area contributed by atoms with Gasteiger partial charge in [-0.2, -0.15) is 5.48 Å². The number of nitrogens with zero attached hydrogens (tertiary/aromatic N) is 5. The minimum absolute atomic E-state index is 0.192. The van der Waals surface area contributed by atoms with E-state index in [0.717, 1.165) is 27.1 Å². The largest absolute Gasteiger partial charge is 0.316 e. The Labute approximate surface area is 146 Å². The molecule has 1 aliphatic heterocycles. The lowest BCUT2D eigenvalue weighted by Crippen LogP contribution is -2.15. The van der Waals surface area contributed by atoms with Crippen molar-refractivity contribution in [1.82, 2.24) is 25.2 Å². The van der Waals surface area contributed by atoms with Gasteiger partial charge in [0.2, 0.25) is 0 Å². The van der Waals surface area contributed by atoms with Gasteiger partial charge in [-0.1, -0.05) is 22.0 Å². The quantitative estimate of drug-likeness (QED) is 0.676. The lowest BCUT2D eigenvalue weighted by atomic mass is 10.0. The van der Waals surface area contributed by atoms with Crippen LogP contribution in [0.2, 0.25) is 0 Å². The molecule has 1 aromatic carbocycles. The smallest absolute Gasteiger partial charge is 0.159 e. The molecule has 1 aliphatic rings. The van der Waals surface area contributed by atoms with Crippen molar-refractivity contribution in [2.24, 2.45) is 4.99 Å². The summed E-state index contributed by atoms with van der Waals surface area (Å²) in [5, 5.41) is 17.4. The highest BCUT2D eigenvalue weighted by atomic mass is 79.9. The van der Waals surface area contributed by atoms with E-state index in [0.29, 0.717) is 18.2 Å². The number of aliphatic imine (C=N–C) groups is 1. The molecule has 24 heavy (non-hydrogen) atoms. The highest BCUT2D eigenvalue weighted by Gasteiger charge is 2.23. The minimum Gasteiger partial charge on any atom is -0.316 e. The van der Waals surface area contributed by atoms with Crippen molar-refractivity contribution in [3.05, 3.63) is 70.0 Å². The number of rotatable bonds is 3. The number of fused-ring (bicyclic) bond motifs is 3. The molecule has 0 aliphatic carbocycles. The highest BCUT2D eigenvalue weighted by molar-refractivity contribution is 9.10. The molecular formula is C16H13BrN6O. The molecule has 0 unspecified atom stereocenters. The molecule has 0 saturated heterocycles. The molecule has 0 saturated carbocycles. The molecule has 4 rings (SSSR count). The predicted octanol–water partition coefficient (Wildman–Crippen LogP) is 2.25. The molecule has 2 N–H and O–H groups in total. The Morgan fingerprint density at radius 2 is 2.12 bits per heavy atom. The van der Waals surface area contributed by atoms with Crippen molar-refractivity contribution in [3.8, 4) is 5.69 Å². The van der Waals surface area contributed by atoms with Crippen LogP contribution in [-0.2, 0) is 13.1 Å². The van der Waals surface area contributed by atoms with Crippen molar-refractivity contribution < 1.29 is 5.21 Å². The zero-order valence-corrected chi connectivity index (χ0v) is 14.1. The van der Waals surface area contributed by atoms with Gasteiger partial charge in [-0.15, -0.1) is 10.2 Å². The lowest BCUT2D eigenvalue weighted by molar-refractivity contribution is 0.158. The fourth-order valence-electron chi connectivity index (χ4n) is 2.77. The van der Waals surface area contributed by atoms with Crippen LogP contribution in [0, 0.1) is 0 Å². The van der Waals surface area contributed by atoms with Crippen LogP contribution in [-0.4, -0.2) is 30.7 Å². The van der Waals surface area contributed by atoms with Gasteiger partial charge < -0.3 is 5.21 Å². The average molecular weight is 385 g/mol. The minimum atomic E-state index is 0.192. The molecule has 0 amide bonds. The van der Waals surface area contributed by atoms with Crippen LogP contribution in [0.5, 0.6) is 0 Å². The predicted molar refractivity (Wildman–Crippen MR) is 91.3 cm³/mol. The Balaban J connectivity index is 1.96. The Kier molecular flexibility index (Phi) is 3.93. The first kappa shape index (κ1) is 15.1. The molecule has 0 spiro atoms. The number of halogens is 1. The number of nitrogens with one attached hydrogen (secondary N) is 1. The third-order valence-corrected chi connectivity index (χ3v) is 4.27. The molecular weight excluding hydrogens is 372 g/mol. The molecule has 3 aromatic rings. The van der Waals surface area contributed by atoms with Crippen molar-refractivity contribution in [2.45, 2.75) is 13.1 Å². The number of benzene rings is 1. The molecule has 8 heteroatoms. The zero-order valence-electron chi connectivity index (χ0n) is 12.5. The standard InChI is InChI=1S/C16H13BrN6O/c17-10-4-5-11-13(7-10)23-14(21-22-15(23)9-20-24)8-19-16(11)12-3-1-2-6-18-12/h1-7,20,24H,8-9H2. The fraction of sp³-hybridized carbons (Fsp3) is 0.125. The highest BCUT2D eigenvalue weighted by Crippen LogP contribution is 2.28. The molecule has 3 heterocycles. The van der Waals surface area contributed by atoms with Crippen LogP contribution in [0.1, 0.15) is 22.9 Å². The Morgan fingerprint density at radius 1 is 1.21 bits per heavy atom. The molecule has 7 nitrogen and oxygen atoms in total.